The van der Waals surface area contributed by atoms with Crippen LogP contribution in [0, 0.1) is 19.8 Å². The summed E-state index contributed by atoms with van der Waals surface area (Å²) in [6, 6.07) is 0.182. The molecule has 2 atom stereocenters. The summed E-state index contributed by atoms with van der Waals surface area (Å²) in [5, 5.41) is 11.0. The SMILES string of the molecule is Cc1nnc(C[C@@H]2CC[C@H](NC(=O)c3cncnc3C)C2)o1. The van der Waals surface area contributed by atoms with Crippen molar-refractivity contribution in [3.63, 3.8) is 0 Å². The first-order valence-corrected chi connectivity index (χ1v) is 7.48. The maximum Gasteiger partial charge on any atom is 0.254 e. The molecule has 0 spiro atoms. The van der Waals surface area contributed by atoms with Crippen LogP contribution in [0.25, 0.3) is 0 Å². The van der Waals surface area contributed by atoms with Gasteiger partial charge in [-0.3, -0.25) is 4.79 Å². The lowest BCUT2D eigenvalue weighted by atomic mass is 10.0. The average Bonchev–Trinajstić information content (AvgIpc) is 3.09. The van der Waals surface area contributed by atoms with Crippen molar-refractivity contribution in [1.29, 1.82) is 0 Å². The van der Waals surface area contributed by atoms with Crippen molar-refractivity contribution in [3.05, 3.63) is 35.6 Å². The number of aryl methyl sites for hydroxylation is 2. The van der Waals surface area contributed by atoms with Crippen molar-refractivity contribution in [2.24, 2.45) is 5.92 Å². The molecule has 0 radical (unpaired) electrons. The van der Waals surface area contributed by atoms with Gasteiger partial charge in [-0.1, -0.05) is 0 Å². The number of nitrogens with one attached hydrogen (secondary N) is 1. The van der Waals surface area contributed by atoms with E-state index in [1.54, 1.807) is 13.1 Å². The lowest BCUT2D eigenvalue weighted by molar-refractivity contribution is 0.0935. The molecule has 1 aliphatic carbocycles. The molecule has 116 valence electrons. The molecule has 1 saturated carbocycles. The molecular formula is C15H19N5O2. The van der Waals surface area contributed by atoms with Gasteiger partial charge in [0.25, 0.3) is 5.91 Å². The summed E-state index contributed by atoms with van der Waals surface area (Å²) in [5.74, 6) is 1.65. The first-order chi connectivity index (χ1) is 10.6. The molecule has 0 bridgehead atoms. The average molecular weight is 301 g/mol. The van der Waals surface area contributed by atoms with Crippen molar-refractivity contribution in [1.82, 2.24) is 25.5 Å². The number of amides is 1. The number of hydrogen-bond donors (Lipinski definition) is 1. The Morgan fingerprint density at radius 1 is 1.36 bits per heavy atom. The maximum absolute atomic E-state index is 12.3. The summed E-state index contributed by atoms with van der Waals surface area (Å²) in [6.07, 6.45) is 6.74. The minimum Gasteiger partial charge on any atom is -0.426 e. The molecule has 0 saturated heterocycles. The van der Waals surface area contributed by atoms with Gasteiger partial charge in [-0.25, -0.2) is 9.97 Å². The van der Waals surface area contributed by atoms with Gasteiger partial charge in [-0.15, -0.1) is 10.2 Å². The van der Waals surface area contributed by atoms with Crippen molar-refractivity contribution < 1.29 is 9.21 Å². The zero-order valence-corrected chi connectivity index (χ0v) is 12.7. The second-order valence-electron chi connectivity index (χ2n) is 5.79. The normalized spacial score (nSPS) is 21.0. The fourth-order valence-electron chi connectivity index (χ4n) is 2.94. The van der Waals surface area contributed by atoms with E-state index in [9.17, 15) is 4.79 Å². The van der Waals surface area contributed by atoms with Gasteiger partial charge in [0.1, 0.15) is 6.33 Å². The summed E-state index contributed by atoms with van der Waals surface area (Å²) in [6.45, 7) is 3.60. The highest BCUT2D eigenvalue weighted by Gasteiger charge is 2.28. The first kappa shape index (κ1) is 14.6. The minimum absolute atomic E-state index is 0.0996. The Labute approximate surface area is 128 Å². The van der Waals surface area contributed by atoms with Crippen molar-refractivity contribution in [3.8, 4) is 0 Å². The predicted octanol–water partition coefficient (Wildman–Crippen LogP) is 1.62. The van der Waals surface area contributed by atoms with Gasteiger partial charge >= 0.3 is 0 Å². The fourth-order valence-corrected chi connectivity index (χ4v) is 2.94. The van der Waals surface area contributed by atoms with E-state index in [1.807, 2.05) is 6.92 Å². The molecular weight excluding hydrogens is 282 g/mol. The van der Waals surface area contributed by atoms with E-state index in [0.717, 1.165) is 25.7 Å². The van der Waals surface area contributed by atoms with E-state index in [-0.39, 0.29) is 11.9 Å². The molecule has 0 aliphatic heterocycles. The van der Waals surface area contributed by atoms with Gasteiger partial charge in [0, 0.05) is 25.6 Å². The zero-order chi connectivity index (χ0) is 15.5. The third-order valence-electron chi connectivity index (χ3n) is 4.06. The molecule has 0 unspecified atom stereocenters. The Kier molecular flexibility index (Phi) is 4.13. The van der Waals surface area contributed by atoms with E-state index < -0.39 is 0 Å². The van der Waals surface area contributed by atoms with Crippen molar-refractivity contribution in [2.45, 2.75) is 45.6 Å². The largest absolute Gasteiger partial charge is 0.426 e. The summed E-state index contributed by atoms with van der Waals surface area (Å²) in [5.41, 5.74) is 1.24. The van der Waals surface area contributed by atoms with Crippen LogP contribution in [0.4, 0.5) is 0 Å². The van der Waals surface area contributed by atoms with Gasteiger partial charge < -0.3 is 9.73 Å². The van der Waals surface area contributed by atoms with Crippen molar-refractivity contribution in [2.75, 3.05) is 0 Å². The van der Waals surface area contributed by atoms with Crippen LogP contribution in [0.5, 0.6) is 0 Å². The van der Waals surface area contributed by atoms with E-state index >= 15 is 0 Å². The summed E-state index contributed by atoms with van der Waals surface area (Å²) >= 11 is 0. The number of carbonyl (C=O) groups is 1. The lowest BCUT2D eigenvalue weighted by Gasteiger charge is -2.13. The van der Waals surface area contributed by atoms with Gasteiger partial charge in [-0.2, -0.15) is 0 Å². The highest BCUT2D eigenvalue weighted by atomic mass is 16.4. The Hall–Kier alpha value is -2.31. The van der Waals surface area contributed by atoms with Crippen LogP contribution in [0.15, 0.2) is 16.9 Å². The molecule has 0 aromatic carbocycles. The highest BCUT2D eigenvalue weighted by molar-refractivity contribution is 5.95. The summed E-state index contributed by atoms with van der Waals surface area (Å²) in [7, 11) is 0. The molecule has 1 fully saturated rings. The van der Waals surface area contributed by atoms with Gasteiger partial charge in [0.05, 0.1) is 11.3 Å². The predicted molar refractivity (Wildman–Crippen MR) is 78.1 cm³/mol. The van der Waals surface area contributed by atoms with Crippen LogP contribution in [0.2, 0.25) is 0 Å². The molecule has 7 nitrogen and oxygen atoms in total. The Bertz CT molecular complexity index is 669. The number of aromatic nitrogens is 4. The first-order valence-electron chi connectivity index (χ1n) is 7.48. The smallest absolute Gasteiger partial charge is 0.254 e. The topological polar surface area (TPSA) is 93.8 Å². The van der Waals surface area contributed by atoms with Crippen molar-refractivity contribution >= 4 is 5.91 Å². The van der Waals surface area contributed by atoms with Crippen LogP contribution in [0.3, 0.4) is 0 Å². The molecule has 3 rings (SSSR count). The third-order valence-corrected chi connectivity index (χ3v) is 4.06. The van der Waals surface area contributed by atoms with Gasteiger partial charge in [-0.05, 0) is 32.1 Å². The molecule has 22 heavy (non-hydrogen) atoms. The molecule has 1 amide bonds. The molecule has 1 N–H and O–H groups in total. The maximum atomic E-state index is 12.3. The van der Waals surface area contributed by atoms with Crippen LogP contribution in [-0.4, -0.2) is 32.1 Å². The van der Waals surface area contributed by atoms with Crippen LogP contribution in [0.1, 0.15) is 47.1 Å². The molecule has 2 heterocycles. The monoisotopic (exact) mass is 301 g/mol. The number of rotatable bonds is 4. The number of hydrogen-bond acceptors (Lipinski definition) is 6. The number of carbonyl (C=O) groups excluding carboxylic acids is 1. The molecule has 2 aromatic rings. The quantitative estimate of drug-likeness (QED) is 0.922. The zero-order valence-electron chi connectivity index (χ0n) is 12.7. The Morgan fingerprint density at radius 3 is 2.95 bits per heavy atom. The standard InChI is InChI=1S/C15H19N5O2/c1-9-13(7-16-8-17-9)15(21)18-12-4-3-11(5-12)6-14-20-19-10(2)22-14/h7-8,11-12H,3-6H2,1-2H3,(H,18,21)/t11-,12+/m1/s1. The van der Waals surface area contributed by atoms with E-state index in [2.05, 4.69) is 25.5 Å². The van der Waals surface area contributed by atoms with E-state index in [1.165, 1.54) is 6.33 Å². The van der Waals surface area contributed by atoms with Crippen LogP contribution < -0.4 is 5.32 Å². The molecule has 7 heteroatoms. The number of nitrogens with zero attached hydrogens (tertiary/aromatic N) is 4. The highest BCUT2D eigenvalue weighted by Crippen LogP contribution is 2.28. The van der Waals surface area contributed by atoms with Crippen LogP contribution in [-0.2, 0) is 6.42 Å². The van der Waals surface area contributed by atoms with Gasteiger partial charge in [0.15, 0.2) is 0 Å². The Balaban J connectivity index is 1.55. The second-order valence-corrected chi connectivity index (χ2v) is 5.79. The third kappa shape index (κ3) is 3.29. The molecule has 1 aliphatic rings. The Morgan fingerprint density at radius 2 is 2.23 bits per heavy atom. The minimum atomic E-state index is -0.0996. The second kappa shape index (κ2) is 6.21. The van der Waals surface area contributed by atoms with Crippen LogP contribution >= 0.6 is 0 Å². The van der Waals surface area contributed by atoms with Gasteiger partial charge in [0.2, 0.25) is 11.8 Å². The fraction of sp³-hybridized carbons (Fsp3) is 0.533. The molecule has 2 aromatic heterocycles. The summed E-state index contributed by atoms with van der Waals surface area (Å²) in [4.78, 5) is 20.2. The van der Waals surface area contributed by atoms with E-state index in [4.69, 9.17) is 4.42 Å². The van der Waals surface area contributed by atoms with E-state index in [0.29, 0.717) is 29.0 Å². The lowest BCUT2D eigenvalue weighted by Crippen LogP contribution is -2.33. The summed E-state index contributed by atoms with van der Waals surface area (Å²) < 4.78 is 5.42.